The third-order valence-electron chi connectivity index (χ3n) is 1.05. The molecule has 0 saturated carbocycles. The summed E-state index contributed by atoms with van der Waals surface area (Å²) in [5.41, 5.74) is 0. The van der Waals surface area contributed by atoms with E-state index in [-0.39, 0.29) is 7.43 Å². The van der Waals surface area contributed by atoms with Crippen LogP contribution in [0.25, 0.3) is 0 Å². The summed E-state index contributed by atoms with van der Waals surface area (Å²) in [7, 11) is 0. The van der Waals surface area contributed by atoms with Crippen LogP contribution in [-0.2, 0) is 0 Å². The normalized spacial score (nSPS) is 34.0. The molecule has 0 aromatic heterocycles. The molecule has 0 bridgehead atoms. The Hall–Kier alpha value is 0.660. The molecule has 0 radical (unpaired) electrons. The van der Waals surface area contributed by atoms with Crippen molar-refractivity contribution in [2.75, 3.05) is 12.4 Å². The van der Waals surface area contributed by atoms with Gasteiger partial charge >= 0.3 is 0 Å². The molecule has 1 aliphatic rings. The molecule has 56 valence electrons. The van der Waals surface area contributed by atoms with Gasteiger partial charge in [-0.2, -0.15) is 0 Å². The van der Waals surface area contributed by atoms with E-state index < -0.39 is 0 Å². The second kappa shape index (κ2) is 4.47. The van der Waals surface area contributed by atoms with Gasteiger partial charge in [0.15, 0.2) is 0 Å². The molecule has 0 spiro atoms. The molecule has 9 heavy (non-hydrogen) atoms. The highest BCUT2D eigenvalue weighted by Gasteiger charge is 2.20. The first-order chi connectivity index (χ1) is 3.83. The minimum absolute atomic E-state index is 0. The number of aliphatic hydroxyl groups excluding tert-OH is 1. The van der Waals surface area contributed by atoms with Gasteiger partial charge in [0.2, 0.25) is 0 Å². The number of hydrogen-bond donors (Lipinski definition) is 1. The van der Waals surface area contributed by atoms with Crippen molar-refractivity contribution < 1.29 is 5.11 Å². The molecule has 1 N–H and O–H groups in total. The first-order valence-corrected chi connectivity index (χ1v) is 4.70. The van der Waals surface area contributed by atoms with Crippen LogP contribution in [0.4, 0.5) is 0 Å². The summed E-state index contributed by atoms with van der Waals surface area (Å²) in [4.78, 5) is 0. The fourth-order valence-electron chi connectivity index (χ4n) is 0.676. The molecule has 1 fully saturated rings. The van der Waals surface area contributed by atoms with Crippen LogP contribution in [0, 0.1) is 0 Å². The van der Waals surface area contributed by atoms with Crippen LogP contribution in [-0.4, -0.2) is 27.3 Å². The molecule has 0 aromatic rings. The van der Waals surface area contributed by atoms with E-state index in [1.165, 1.54) is 5.75 Å². The van der Waals surface area contributed by atoms with Crippen molar-refractivity contribution >= 4 is 23.5 Å². The number of hydrogen-bond acceptors (Lipinski definition) is 3. The van der Waals surface area contributed by atoms with Crippen LogP contribution in [0.5, 0.6) is 0 Å². The highest BCUT2D eigenvalue weighted by atomic mass is 32.2. The van der Waals surface area contributed by atoms with Crippen molar-refractivity contribution in [1.82, 2.24) is 0 Å². The second-order valence-corrected chi connectivity index (χ2v) is 5.07. The van der Waals surface area contributed by atoms with Crippen LogP contribution < -0.4 is 0 Å². The first-order valence-electron chi connectivity index (χ1n) is 2.71. The van der Waals surface area contributed by atoms with Gasteiger partial charge in [0.1, 0.15) is 0 Å². The molecule has 3 heteroatoms. The lowest BCUT2D eigenvalue weighted by Crippen LogP contribution is -1.98. The lowest BCUT2D eigenvalue weighted by Gasteiger charge is -2.00. The Bertz CT molecular complexity index is 77.5. The topological polar surface area (TPSA) is 20.2 Å². The summed E-state index contributed by atoms with van der Waals surface area (Å²) >= 11 is 3.74. The fourth-order valence-corrected chi connectivity index (χ4v) is 3.54. The van der Waals surface area contributed by atoms with Gasteiger partial charge in [-0.05, 0) is 0 Å². The Kier molecular flexibility index (Phi) is 4.80. The monoisotopic (exact) mass is 166 g/mol. The van der Waals surface area contributed by atoms with E-state index in [1.807, 2.05) is 23.5 Å². The van der Waals surface area contributed by atoms with E-state index in [4.69, 9.17) is 5.11 Å². The Morgan fingerprint density at radius 3 is 2.56 bits per heavy atom. The molecule has 1 aliphatic heterocycles. The zero-order chi connectivity index (χ0) is 5.98. The van der Waals surface area contributed by atoms with Gasteiger partial charge in [-0.3, -0.25) is 0 Å². The van der Waals surface area contributed by atoms with Gasteiger partial charge in [-0.15, -0.1) is 23.5 Å². The molecular weight excluding hydrogens is 152 g/mol. The maximum atomic E-state index is 8.64. The van der Waals surface area contributed by atoms with Crippen molar-refractivity contribution in [3.8, 4) is 0 Å². The summed E-state index contributed by atoms with van der Waals surface area (Å²) in [5.74, 6) is 1.20. The molecular formula is C6H14OS2. The predicted molar refractivity (Wildman–Crippen MR) is 47.1 cm³/mol. The van der Waals surface area contributed by atoms with E-state index in [0.717, 1.165) is 5.25 Å². The van der Waals surface area contributed by atoms with E-state index in [1.54, 1.807) is 0 Å². The van der Waals surface area contributed by atoms with E-state index >= 15 is 0 Å². The quantitative estimate of drug-likeness (QED) is 0.641. The summed E-state index contributed by atoms with van der Waals surface area (Å²) in [6.07, 6.45) is 0. The van der Waals surface area contributed by atoms with E-state index in [9.17, 15) is 0 Å². The minimum atomic E-state index is 0. The number of thioether (sulfide) groups is 2. The summed E-state index contributed by atoms with van der Waals surface area (Å²) in [6, 6.07) is 0. The molecule has 0 aromatic carbocycles. The van der Waals surface area contributed by atoms with Gasteiger partial charge < -0.3 is 5.11 Å². The average Bonchev–Trinajstić information content (AvgIpc) is 2.14. The summed E-state index contributed by atoms with van der Waals surface area (Å²) in [5, 5.41) is 9.39. The number of rotatable bonds is 1. The first kappa shape index (κ1) is 9.66. The van der Waals surface area contributed by atoms with E-state index in [0.29, 0.717) is 11.2 Å². The average molecular weight is 166 g/mol. The van der Waals surface area contributed by atoms with Gasteiger partial charge in [-0.1, -0.05) is 14.4 Å². The standard InChI is InChI=1S/C5H10OS2.CH4/c1-4-3-7-5(2-6)8-4;/h4-6H,2-3H2,1H3;1H4. The highest BCUT2D eigenvalue weighted by molar-refractivity contribution is 8.20. The SMILES string of the molecule is C.CC1CSC(CO)S1. The smallest absolute Gasteiger partial charge is 0.0736 e. The third kappa shape index (κ3) is 2.83. The van der Waals surface area contributed by atoms with Gasteiger partial charge in [0.25, 0.3) is 0 Å². The van der Waals surface area contributed by atoms with Gasteiger partial charge in [0, 0.05) is 11.0 Å². The highest BCUT2D eigenvalue weighted by Crippen LogP contribution is 2.36. The predicted octanol–water partition coefficient (Wildman–Crippen LogP) is 1.81. The zero-order valence-corrected chi connectivity index (χ0v) is 6.47. The zero-order valence-electron chi connectivity index (χ0n) is 4.83. The molecule has 0 amide bonds. The van der Waals surface area contributed by atoms with Crippen molar-refractivity contribution in [3.05, 3.63) is 0 Å². The van der Waals surface area contributed by atoms with Crippen LogP contribution in [0.15, 0.2) is 0 Å². The van der Waals surface area contributed by atoms with Crippen LogP contribution >= 0.6 is 23.5 Å². The van der Waals surface area contributed by atoms with Gasteiger partial charge in [-0.25, -0.2) is 0 Å². The largest absolute Gasteiger partial charge is 0.394 e. The Morgan fingerprint density at radius 1 is 1.67 bits per heavy atom. The lowest BCUT2D eigenvalue weighted by molar-refractivity contribution is 0.316. The Morgan fingerprint density at radius 2 is 2.33 bits per heavy atom. The molecule has 1 nitrogen and oxygen atoms in total. The minimum Gasteiger partial charge on any atom is -0.394 e. The number of aliphatic hydroxyl groups is 1. The molecule has 1 saturated heterocycles. The molecule has 2 unspecified atom stereocenters. The van der Waals surface area contributed by atoms with Crippen molar-refractivity contribution in [3.63, 3.8) is 0 Å². The maximum Gasteiger partial charge on any atom is 0.0736 e. The van der Waals surface area contributed by atoms with Crippen LogP contribution in [0.3, 0.4) is 0 Å². The molecule has 2 atom stereocenters. The second-order valence-electron chi connectivity index (χ2n) is 1.89. The lowest BCUT2D eigenvalue weighted by atomic mass is 10.6. The maximum absolute atomic E-state index is 8.64. The van der Waals surface area contributed by atoms with Crippen LogP contribution in [0.2, 0.25) is 0 Å². The summed E-state index contributed by atoms with van der Waals surface area (Å²) < 4.78 is 0.463. The van der Waals surface area contributed by atoms with Crippen molar-refractivity contribution in [1.29, 1.82) is 0 Å². The van der Waals surface area contributed by atoms with Crippen molar-refractivity contribution in [2.45, 2.75) is 24.2 Å². The van der Waals surface area contributed by atoms with Gasteiger partial charge in [0.05, 0.1) is 11.2 Å². The Balaban J connectivity index is 0.000000640. The molecule has 1 rings (SSSR count). The molecule has 1 heterocycles. The summed E-state index contributed by atoms with van der Waals surface area (Å²) in [6.45, 7) is 2.53. The molecule has 0 aliphatic carbocycles. The fraction of sp³-hybridized carbons (Fsp3) is 1.00. The van der Waals surface area contributed by atoms with Crippen molar-refractivity contribution in [2.24, 2.45) is 0 Å². The Labute approximate surface area is 65.6 Å². The van der Waals surface area contributed by atoms with Crippen LogP contribution in [0.1, 0.15) is 14.4 Å². The third-order valence-corrected chi connectivity index (χ3v) is 4.30. The van der Waals surface area contributed by atoms with E-state index in [2.05, 4.69) is 6.92 Å².